The van der Waals surface area contributed by atoms with Crippen molar-refractivity contribution in [2.24, 2.45) is 0 Å². The summed E-state index contributed by atoms with van der Waals surface area (Å²) < 4.78 is 13.2. The lowest BCUT2D eigenvalue weighted by Crippen LogP contribution is -2.37. The van der Waals surface area contributed by atoms with Crippen LogP contribution in [-0.4, -0.2) is 26.3 Å². The number of hydrogen-bond acceptors (Lipinski definition) is 4. The second kappa shape index (κ2) is 12.4. The lowest BCUT2D eigenvalue weighted by atomic mass is 9.77. The fraction of sp³-hybridized carbons (Fsp3) is 0.182. The Labute approximate surface area is 303 Å². The monoisotopic (exact) mass is 707 g/mol. The van der Waals surface area contributed by atoms with E-state index >= 15 is 0 Å². The smallest absolute Gasteiger partial charge is 0.178 e. The van der Waals surface area contributed by atoms with Gasteiger partial charge in [0, 0.05) is 56.1 Å². The second-order valence-electron chi connectivity index (χ2n) is 14.0. The van der Waals surface area contributed by atoms with Gasteiger partial charge in [-0.3, -0.25) is 0 Å². The van der Waals surface area contributed by atoms with E-state index in [-0.39, 0.29) is 5.41 Å². The van der Waals surface area contributed by atoms with Crippen LogP contribution in [0, 0.1) is 0 Å². The third-order valence-corrected chi connectivity index (χ3v) is 12.3. The fourth-order valence-electron chi connectivity index (χ4n) is 8.13. The van der Waals surface area contributed by atoms with Gasteiger partial charge in [0.25, 0.3) is 0 Å². The van der Waals surface area contributed by atoms with Gasteiger partial charge in [0.15, 0.2) is 5.60 Å². The summed E-state index contributed by atoms with van der Waals surface area (Å²) in [5.74, 6) is 0.942. The van der Waals surface area contributed by atoms with Gasteiger partial charge in [0.2, 0.25) is 0 Å². The van der Waals surface area contributed by atoms with E-state index in [2.05, 4.69) is 165 Å². The molecule has 1 aliphatic carbocycles. The SMILES string of the molecule is CC1(C)c2cc(P)ccc2-c2c1c1c(c3cc(P)ccc23)OC(c2ccc(Sc3ccccc3)cc2)(c2ccc(N3CCOCC3)cc2)C=C1. The molecular formula is C44H39NO2P2S. The summed E-state index contributed by atoms with van der Waals surface area (Å²) in [7, 11) is 5.80. The number of rotatable bonds is 5. The molecule has 6 aromatic carbocycles. The third kappa shape index (κ3) is 5.23. The normalized spacial score (nSPS) is 18.8. The van der Waals surface area contributed by atoms with E-state index < -0.39 is 5.60 Å². The molecule has 6 aromatic rings. The summed E-state index contributed by atoms with van der Waals surface area (Å²) in [6, 6.07) is 42.1. The van der Waals surface area contributed by atoms with Crippen LogP contribution in [0.2, 0.25) is 0 Å². The summed E-state index contributed by atoms with van der Waals surface area (Å²) in [6.45, 7) is 8.05. The zero-order chi connectivity index (χ0) is 34.0. The van der Waals surface area contributed by atoms with Gasteiger partial charge in [0.05, 0.1) is 13.2 Å². The minimum absolute atomic E-state index is 0.195. The van der Waals surface area contributed by atoms with Crippen molar-refractivity contribution in [2.45, 2.75) is 34.7 Å². The molecule has 1 saturated heterocycles. The summed E-state index contributed by atoms with van der Waals surface area (Å²) >= 11 is 1.78. The molecule has 3 atom stereocenters. The van der Waals surface area contributed by atoms with E-state index in [9.17, 15) is 0 Å². The number of hydrogen-bond donors (Lipinski definition) is 0. The van der Waals surface area contributed by atoms with Crippen LogP contribution in [0.1, 0.15) is 41.7 Å². The van der Waals surface area contributed by atoms with E-state index in [1.165, 1.54) is 54.0 Å². The molecule has 9 rings (SSSR count). The van der Waals surface area contributed by atoms with Crippen molar-refractivity contribution in [3.63, 3.8) is 0 Å². The zero-order valence-electron chi connectivity index (χ0n) is 28.3. The highest BCUT2D eigenvalue weighted by Gasteiger charge is 2.44. The predicted octanol–water partition coefficient (Wildman–Crippen LogP) is 9.48. The van der Waals surface area contributed by atoms with Crippen LogP contribution in [0.25, 0.3) is 28.0 Å². The summed E-state index contributed by atoms with van der Waals surface area (Å²) in [4.78, 5) is 4.82. The van der Waals surface area contributed by atoms with Crippen LogP contribution in [0.3, 0.4) is 0 Å². The highest BCUT2D eigenvalue weighted by atomic mass is 32.2. The van der Waals surface area contributed by atoms with E-state index in [4.69, 9.17) is 9.47 Å². The molecule has 2 aliphatic heterocycles. The van der Waals surface area contributed by atoms with E-state index in [1.807, 2.05) is 0 Å². The van der Waals surface area contributed by atoms with Crippen molar-refractivity contribution in [3.8, 4) is 16.9 Å². The highest BCUT2D eigenvalue weighted by molar-refractivity contribution is 7.99. The molecule has 0 aromatic heterocycles. The zero-order valence-corrected chi connectivity index (χ0v) is 31.4. The van der Waals surface area contributed by atoms with Crippen LogP contribution in [0.15, 0.2) is 131 Å². The van der Waals surface area contributed by atoms with E-state index in [0.29, 0.717) is 0 Å². The number of ether oxygens (including phenoxy) is 2. The number of fused-ring (bicyclic) bond motifs is 8. The number of anilines is 1. The standard InChI is InChI=1S/C44H39NO2P2S/c1-43(2)39-27-32(49)15-19-36(39)40-35-18-14-31(48)26-38(35)42-37(41(40)43)20-21-44(47-42,28-8-12-30(13-9-28)45-22-24-46-25-23-45)29-10-16-34(17-11-29)50-33-6-4-3-5-7-33/h3-21,26-27H,22-25,48-49H2,1-2H3. The number of morpholine rings is 1. The maximum Gasteiger partial charge on any atom is 0.178 e. The molecule has 3 unspecified atom stereocenters. The minimum atomic E-state index is -0.826. The summed E-state index contributed by atoms with van der Waals surface area (Å²) in [5.41, 5.74) is 8.91. The lowest BCUT2D eigenvalue weighted by Gasteiger charge is -2.39. The molecule has 0 radical (unpaired) electrons. The minimum Gasteiger partial charge on any atom is -0.472 e. The van der Waals surface area contributed by atoms with Gasteiger partial charge in [-0.05, 0) is 86.8 Å². The third-order valence-electron chi connectivity index (χ3n) is 10.6. The molecule has 6 heteroatoms. The average molecular weight is 708 g/mol. The van der Waals surface area contributed by atoms with Crippen molar-refractivity contribution >= 4 is 63.4 Å². The van der Waals surface area contributed by atoms with Crippen LogP contribution in [0.5, 0.6) is 5.75 Å². The van der Waals surface area contributed by atoms with Gasteiger partial charge >= 0.3 is 0 Å². The first-order chi connectivity index (χ1) is 24.3. The number of nitrogens with zero attached hydrogens (tertiary/aromatic N) is 1. The maximum atomic E-state index is 7.60. The van der Waals surface area contributed by atoms with Crippen molar-refractivity contribution in [1.29, 1.82) is 0 Å². The largest absolute Gasteiger partial charge is 0.472 e. The first-order valence-corrected chi connectivity index (χ1v) is 19.2. The average Bonchev–Trinajstić information content (AvgIpc) is 3.38. The fourth-order valence-corrected chi connectivity index (χ4v) is 9.50. The first kappa shape index (κ1) is 32.0. The van der Waals surface area contributed by atoms with Crippen LogP contribution < -0.4 is 20.2 Å². The lowest BCUT2D eigenvalue weighted by molar-refractivity contribution is 0.122. The molecule has 0 spiro atoms. The molecule has 3 nitrogen and oxygen atoms in total. The Kier molecular flexibility index (Phi) is 7.94. The Balaban J connectivity index is 1.23. The molecule has 0 bridgehead atoms. The van der Waals surface area contributed by atoms with E-state index in [1.54, 1.807) is 11.8 Å². The molecular weight excluding hydrogens is 669 g/mol. The molecule has 50 heavy (non-hydrogen) atoms. The Morgan fingerprint density at radius 2 is 1.36 bits per heavy atom. The van der Waals surface area contributed by atoms with Gasteiger partial charge in [-0.25, -0.2) is 0 Å². The van der Waals surface area contributed by atoms with Gasteiger partial charge in [0.1, 0.15) is 5.75 Å². The molecule has 0 saturated carbocycles. The highest BCUT2D eigenvalue weighted by Crippen LogP contribution is 2.58. The topological polar surface area (TPSA) is 21.7 Å². The van der Waals surface area contributed by atoms with Crippen molar-refractivity contribution in [3.05, 3.63) is 149 Å². The summed E-state index contributed by atoms with van der Waals surface area (Å²) in [5, 5.41) is 4.71. The molecule has 1 fully saturated rings. The van der Waals surface area contributed by atoms with Crippen molar-refractivity contribution < 1.29 is 9.47 Å². The van der Waals surface area contributed by atoms with Crippen molar-refractivity contribution in [1.82, 2.24) is 0 Å². The van der Waals surface area contributed by atoms with Crippen LogP contribution in [-0.2, 0) is 15.8 Å². The Bertz CT molecular complexity index is 2300. The molecule has 2 heterocycles. The second-order valence-corrected chi connectivity index (χ2v) is 16.5. The maximum absolute atomic E-state index is 7.60. The Morgan fingerprint density at radius 3 is 2.10 bits per heavy atom. The first-order valence-electron chi connectivity index (χ1n) is 17.3. The number of benzene rings is 6. The summed E-state index contributed by atoms with van der Waals surface area (Å²) in [6.07, 6.45) is 4.65. The van der Waals surface area contributed by atoms with Crippen molar-refractivity contribution in [2.75, 3.05) is 31.2 Å². The molecule has 248 valence electrons. The predicted molar refractivity (Wildman–Crippen MR) is 217 cm³/mol. The van der Waals surface area contributed by atoms with Crippen LogP contribution in [0.4, 0.5) is 5.69 Å². The van der Waals surface area contributed by atoms with E-state index in [0.717, 1.165) is 53.9 Å². The van der Waals surface area contributed by atoms with Gasteiger partial charge in [-0.15, -0.1) is 18.5 Å². The molecule has 0 amide bonds. The molecule has 3 aliphatic rings. The Hall–Kier alpha value is -3.91. The van der Waals surface area contributed by atoms with Crippen LogP contribution >= 0.6 is 30.2 Å². The van der Waals surface area contributed by atoms with Gasteiger partial charge in [-0.1, -0.05) is 104 Å². The van der Waals surface area contributed by atoms with Gasteiger partial charge in [-0.2, -0.15) is 0 Å². The van der Waals surface area contributed by atoms with Gasteiger partial charge < -0.3 is 14.4 Å². The quantitative estimate of drug-likeness (QED) is 0.167. The molecule has 0 N–H and O–H groups in total. The Morgan fingerprint density at radius 1 is 0.700 bits per heavy atom.